The third kappa shape index (κ3) is 4.76. The van der Waals surface area contributed by atoms with Crippen LogP contribution in [0.25, 0.3) is 11.3 Å². The van der Waals surface area contributed by atoms with E-state index in [1.807, 2.05) is 51.1 Å². The van der Waals surface area contributed by atoms with E-state index in [1.165, 1.54) is 11.8 Å². The van der Waals surface area contributed by atoms with Crippen molar-refractivity contribution in [3.63, 3.8) is 0 Å². The molecule has 0 saturated heterocycles. The molecule has 1 aromatic carbocycles. The number of thioether (sulfide) groups is 1. The van der Waals surface area contributed by atoms with Crippen LogP contribution in [0.1, 0.15) is 52.7 Å². The van der Waals surface area contributed by atoms with Crippen molar-refractivity contribution in [1.29, 1.82) is 0 Å². The van der Waals surface area contributed by atoms with E-state index in [1.54, 1.807) is 0 Å². The Kier molecular flexibility index (Phi) is 8.00. The zero-order valence-corrected chi connectivity index (χ0v) is 16.8. The van der Waals surface area contributed by atoms with Gasteiger partial charge in [0, 0.05) is 5.56 Å². The van der Waals surface area contributed by atoms with Gasteiger partial charge in [0.25, 0.3) is 0 Å². The second-order valence-electron chi connectivity index (χ2n) is 5.79. The number of hydrogen-bond donors (Lipinski definition) is 1. The second kappa shape index (κ2) is 10.2. The SMILES string of the molecule is CCSC(=O)c1c(CC)nc(-c2ccccc2)c(C(=O)OCCO)c1CC. The lowest BCUT2D eigenvalue weighted by Crippen LogP contribution is -2.18. The third-order valence-corrected chi connectivity index (χ3v) is 4.87. The fourth-order valence-electron chi connectivity index (χ4n) is 2.98. The maximum absolute atomic E-state index is 12.8. The van der Waals surface area contributed by atoms with Crippen LogP contribution in [0.2, 0.25) is 0 Å². The lowest BCUT2D eigenvalue weighted by atomic mass is 9.93. The highest BCUT2D eigenvalue weighted by molar-refractivity contribution is 8.14. The number of aromatic nitrogens is 1. The van der Waals surface area contributed by atoms with Crippen molar-refractivity contribution < 1.29 is 19.4 Å². The van der Waals surface area contributed by atoms with Crippen molar-refractivity contribution >= 4 is 22.8 Å². The molecule has 0 fully saturated rings. The number of hydrogen-bond acceptors (Lipinski definition) is 6. The molecule has 2 rings (SSSR count). The Morgan fingerprint density at radius 2 is 1.78 bits per heavy atom. The topological polar surface area (TPSA) is 76.5 Å². The molecule has 2 aromatic rings. The molecule has 0 saturated carbocycles. The fraction of sp³-hybridized carbons (Fsp3) is 0.381. The van der Waals surface area contributed by atoms with Gasteiger partial charge in [0.2, 0.25) is 5.12 Å². The summed E-state index contributed by atoms with van der Waals surface area (Å²) in [5.41, 5.74) is 3.49. The number of esters is 1. The number of ether oxygens (including phenoxy) is 1. The largest absolute Gasteiger partial charge is 0.460 e. The van der Waals surface area contributed by atoms with Gasteiger partial charge in [-0.15, -0.1) is 0 Å². The van der Waals surface area contributed by atoms with E-state index in [4.69, 9.17) is 14.8 Å². The molecule has 0 atom stereocenters. The monoisotopic (exact) mass is 387 g/mol. The number of aryl methyl sites for hydroxylation is 1. The smallest absolute Gasteiger partial charge is 0.340 e. The van der Waals surface area contributed by atoms with E-state index in [9.17, 15) is 9.59 Å². The molecule has 0 bridgehead atoms. The highest BCUT2D eigenvalue weighted by Gasteiger charge is 2.27. The van der Waals surface area contributed by atoms with Gasteiger partial charge < -0.3 is 9.84 Å². The molecular formula is C21H25NO4S. The summed E-state index contributed by atoms with van der Waals surface area (Å²) in [6, 6.07) is 9.41. The highest BCUT2D eigenvalue weighted by Crippen LogP contribution is 2.32. The predicted molar refractivity (Wildman–Crippen MR) is 108 cm³/mol. The summed E-state index contributed by atoms with van der Waals surface area (Å²) in [4.78, 5) is 30.3. The molecule has 0 aliphatic carbocycles. The van der Waals surface area contributed by atoms with Gasteiger partial charge in [0.1, 0.15) is 6.61 Å². The molecule has 0 spiro atoms. The number of benzene rings is 1. The molecule has 27 heavy (non-hydrogen) atoms. The average Bonchev–Trinajstić information content (AvgIpc) is 2.70. The first-order valence-electron chi connectivity index (χ1n) is 9.15. The van der Waals surface area contributed by atoms with Crippen molar-refractivity contribution in [1.82, 2.24) is 4.98 Å². The number of pyridine rings is 1. The molecule has 1 N–H and O–H groups in total. The van der Waals surface area contributed by atoms with Gasteiger partial charge >= 0.3 is 5.97 Å². The Hall–Kier alpha value is -2.18. The number of rotatable bonds is 8. The molecule has 0 amide bonds. The summed E-state index contributed by atoms with van der Waals surface area (Å²) in [5.74, 6) is 0.0843. The van der Waals surface area contributed by atoms with Gasteiger partial charge in [-0.1, -0.05) is 62.9 Å². The van der Waals surface area contributed by atoms with Crippen LogP contribution >= 0.6 is 11.8 Å². The van der Waals surface area contributed by atoms with Crippen molar-refractivity contribution in [2.75, 3.05) is 19.0 Å². The van der Waals surface area contributed by atoms with Crippen LogP contribution in [0.3, 0.4) is 0 Å². The summed E-state index contributed by atoms with van der Waals surface area (Å²) in [6.45, 7) is 5.43. The maximum Gasteiger partial charge on any atom is 0.340 e. The Labute approximate surface area is 164 Å². The summed E-state index contributed by atoms with van der Waals surface area (Å²) in [7, 11) is 0. The summed E-state index contributed by atoms with van der Waals surface area (Å²) in [5, 5.41) is 8.95. The minimum absolute atomic E-state index is 0.0745. The molecule has 1 heterocycles. The van der Waals surface area contributed by atoms with Crippen LogP contribution in [0.15, 0.2) is 30.3 Å². The van der Waals surface area contributed by atoms with E-state index in [-0.39, 0.29) is 18.3 Å². The molecule has 6 heteroatoms. The first-order valence-corrected chi connectivity index (χ1v) is 10.1. The Morgan fingerprint density at radius 3 is 2.33 bits per heavy atom. The fourth-order valence-corrected chi connectivity index (χ4v) is 3.63. The van der Waals surface area contributed by atoms with Crippen molar-refractivity contribution in [3.05, 3.63) is 52.7 Å². The van der Waals surface area contributed by atoms with E-state index in [0.717, 1.165) is 5.56 Å². The summed E-state index contributed by atoms with van der Waals surface area (Å²) >= 11 is 1.21. The zero-order chi connectivity index (χ0) is 19.8. The minimum Gasteiger partial charge on any atom is -0.460 e. The molecular weight excluding hydrogens is 362 g/mol. The zero-order valence-electron chi connectivity index (χ0n) is 15.9. The Bertz CT molecular complexity index is 806. The Morgan fingerprint density at radius 1 is 1.07 bits per heavy atom. The van der Waals surface area contributed by atoms with Crippen LogP contribution in [-0.4, -0.2) is 40.1 Å². The van der Waals surface area contributed by atoms with Crippen LogP contribution in [-0.2, 0) is 17.6 Å². The van der Waals surface area contributed by atoms with Gasteiger partial charge in [0.15, 0.2) is 0 Å². The molecule has 0 radical (unpaired) electrons. The average molecular weight is 388 g/mol. The molecule has 0 unspecified atom stereocenters. The number of aliphatic hydroxyl groups excluding tert-OH is 1. The number of nitrogens with zero attached hydrogens (tertiary/aromatic N) is 1. The van der Waals surface area contributed by atoms with E-state index >= 15 is 0 Å². The van der Waals surface area contributed by atoms with E-state index in [2.05, 4.69) is 0 Å². The van der Waals surface area contributed by atoms with Crippen LogP contribution < -0.4 is 0 Å². The van der Waals surface area contributed by atoms with Crippen LogP contribution in [0.5, 0.6) is 0 Å². The Balaban J connectivity index is 2.79. The lowest BCUT2D eigenvalue weighted by molar-refractivity contribution is 0.0433. The van der Waals surface area contributed by atoms with Gasteiger partial charge in [-0.05, 0) is 24.2 Å². The highest BCUT2D eigenvalue weighted by atomic mass is 32.2. The lowest BCUT2D eigenvalue weighted by Gasteiger charge is -2.19. The predicted octanol–water partition coefficient (Wildman–Crippen LogP) is 3.92. The molecule has 0 aliphatic heterocycles. The number of aliphatic hydroxyl groups is 1. The van der Waals surface area contributed by atoms with Crippen molar-refractivity contribution in [2.24, 2.45) is 0 Å². The summed E-state index contributed by atoms with van der Waals surface area (Å²) in [6.07, 6.45) is 1.09. The van der Waals surface area contributed by atoms with Gasteiger partial charge in [-0.2, -0.15) is 0 Å². The number of carbonyl (C=O) groups is 2. The number of carbonyl (C=O) groups excluding carboxylic acids is 2. The van der Waals surface area contributed by atoms with Gasteiger partial charge in [-0.25, -0.2) is 4.79 Å². The van der Waals surface area contributed by atoms with Gasteiger partial charge in [0.05, 0.1) is 29.1 Å². The molecule has 1 aromatic heterocycles. The van der Waals surface area contributed by atoms with Crippen molar-refractivity contribution in [3.8, 4) is 11.3 Å². The first kappa shape index (κ1) is 21.1. The first-order chi connectivity index (χ1) is 13.1. The summed E-state index contributed by atoms with van der Waals surface area (Å²) < 4.78 is 5.20. The normalized spacial score (nSPS) is 10.7. The minimum atomic E-state index is -0.564. The van der Waals surface area contributed by atoms with Crippen molar-refractivity contribution in [2.45, 2.75) is 33.6 Å². The maximum atomic E-state index is 12.8. The molecule has 0 aliphatic rings. The molecule has 144 valence electrons. The second-order valence-corrected chi connectivity index (χ2v) is 7.03. The quantitative estimate of drug-likeness (QED) is 0.692. The van der Waals surface area contributed by atoms with E-state index < -0.39 is 5.97 Å². The van der Waals surface area contributed by atoms with Crippen LogP contribution in [0, 0.1) is 0 Å². The third-order valence-electron chi connectivity index (χ3n) is 4.12. The van der Waals surface area contributed by atoms with Gasteiger partial charge in [-0.3, -0.25) is 9.78 Å². The van der Waals surface area contributed by atoms with E-state index in [0.29, 0.717) is 46.7 Å². The standard InChI is InChI=1S/C21H25NO4S/c1-4-15-17(21(25)27-6-3)16(5-2)22-19(14-10-8-7-9-11-14)18(15)20(24)26-13-12-23/h7-11,23H,4-6,12-13H2,1-3H3. The van der Waals surface area contributed by atoms with Crippen LogP contribution in [0.4, 0.5) is 0 Å². The molecule has 5 nitrogen and oxygen atoms in total.